The highest BCUT2D eigenvalue weighted by molar-refractivity contribution is 5.70. The maximum absolute atomic E-state index is 11.6. The van der Waals surface area contributed by atoms with Crippen LogP contribution in [-0.4, -0.2) is 29.8 Å². The van der Waals surface area contributed by atoms with E-state index in [4.69, 9.17) is 9.47 Å². The molecule has 0 heterocycles. The summed E-state index contributed by atoms with van der Waals surface area (Å²) in [4.78, 5) is 23.1. The molecule has 1 N–H and O–H groups in total. The minimum atomic E-state index is -0.513. The van der Waals surface area contributed by atoms with Crippen LogP contribution in [0.4, 0.5) is 4.79 Å². The predicted octanol–water partition coefficient (Wildman–Crippen LogP) is 2.78. The number of alkyl carbamates (subject to hydrolysis) is 1. The molecule has 0 saturated heterocycles. The summed E-state index contributed by atoms with van der Waals surface area (Å²) < 4.78 is 10.5. The monoisotopic (exact) mass is 271 g/mol. The Morgan fingerprint density at radius 2 is 1.95 bits per heavy atom. The summed E-state index contributed by atoms with van der Waals surface area (Å²) in [6.45, 7) is 7.48. The van der Waals surface area contributed by atoms with Crippen molar-refractivity contribution in [2.24, 2.45) is 0 Å². The van der Waals surface area contributed by atoms with Crippen LogP contribution in [0.3, 0.4) is 0 Å². The molecule has 1 saturated carbocycles. The molecular weight excluding hydrogens is 246 g/mol. The molecular formula is C14H25NO4. The number of unbranched alkanes of at least 4 members (excludes halogenated alkanes) is 1. The second kappa shape index (κ2) is 6.78. The van der Waals surface area contributed by atoms with Crippen LogP contribution in [0.25, 0.3) is 0 Å². The summed E-state index contributed by atoms with van der Waals surface area (Å²) in [5.74, 6) is -0.178. The van der Waals surface area contributed by atoms with E-state index in [2.05, 4.69) is 5.32 Å². The quantitative estimate of drug-likeness (QED) is 0.781. The lowest BCUT2D eigenvalue weighted by Crippen LogP contribution is -2.53. The number of ether oxygens (including phenoxy) is 2. The third kappa shape index (κ3) is 5.94. The molecule has 1 amide bonds. The molecule has 1 aliphatic rings. The Hall–Kier alpha value is -1.26. The summed E-state index contributed by atoms with van der Waals surface area (Å²) in [5, 5.41) is 2.75. The molecule has 0 spiro atoms. The molecule has 0 radical (unpaired) electrons. The van der Waals surface area contributed by atoms with Crippen molar-refractivity contribution in [2.75, 3.05) is 0 Å². The lowest BCUT2D eigenvalue weighted by molar-refractivity contribution is -0.155. The number of amides is 1. The van der Waals surface area contributed by atoms with E-state index < -0.39 is 11.7 Å². The maximum atomic E-state index is 11.6. The number of esters is 1. The number of hydrogen-bond donors (Lipinski definition) is 1. The van der Waals surface area contributed by atoms with E-state index >= 15 is 0 Å². The normalized spacial score (nSPS) is 22.3. The number of nitrogens with one attached hydrogen (secondary N) is 1. The first kappa shape index (κ1) is 15.8. The lowest BCUT2D eigenvalue weighted by atomic mass is 9.89. The Morgan fingerprint density at radius 1 is 1.26 bits per heavy atom. The number of carbonyl (C=O) groups is 2. The second-order valence-corrected chi connectivity index (χ2v) is 5.96. The Labute approximate surface area is 115 Å². The molecule has 0 aromatic rings. The van der Waals surface area contributed by atoms with Crippen LogP contribution in [0.1, 0.15) is 59.8 Å². The van der Waals surface area contributed by atoms with Gasteiger partial charge in [-0.1, -0.05) is 13.3 Å². The Kier molecular flexibility index (Phi) is 5.63. The summed E-state index contributed by atoms with van der Waals surface area (Å²) in [6.07, 6.45) is 3.24. The molecule has 1 rings (SSSR count). The van der Waals surface area contributed by atoms with Crippen molar-refractivity contribution in [2.45, 2.75) is 77.5 Å². The second-order valence-electron chi connectivity index (χ2n) is 5.96. The van der Waals surface area contributed by atoms with Crippen molar-refractivity contribution < 1.29 is 19.1 Å². The van der Waals surface area contributed by atoms with E-state index in [1.165, 1.54) is 0 Å². The van der Waals surface area contributed by atoms with Crippen LogP contribution in [0.2, 0.25) is 0 Å². The SMILES string of the molecule is CCCCC(=O)OC1CCC1NC(=O)OC(C)(C)C. The van der Waals surface area contributed by atoms with Gasteiger partial charge in [0, 0.05) is 6.42 Å². The third-order valence-electron chi connectivity index (χ3n) is 2.93. The van der Waals surface area contributed by atoms with Crippen LogP contribution in [0, 0.1) is 0 Å². The van der Waals surface area contributed by atoms with Gasteiger partial charge in [0.05, 0.1) is 6.04 Å². The summed E-state index contributed by atoms with van der Waals surface area (Å²) >= 11 is 0. The minimum Gasteiger partial charge on any atom is -0.460 e. The van der Waals surface area contributed by atoms with E-state index in [-0.39, 0.29) is 18.1 Å². The first-order valence-electron chi connectivity index (χ1n) is 7.01. The number of carbonyl (C=O) groups excluding carboxylic acids is 2. The van der Waals surface area contributed by atoms with Gasteiger partial charge in [0.1, 0.15) is 11.7 Å². The Balaban J connectivity index is 2.28. The summed E-state index contributed by atoms with van der Waals surface area (Å²) in [5.41, 5.74) is -0.513. The zero-order valence-electron chi connectivity index (χ0n) is 12.3. The van der Waals surface area contributed by atoms with Crippen molar-refractivity contribution in [1.82, 2.24) is 5.32 Å². The molecule has 1 aliphatic carbocycles. The average molecular weight is 271 g/mol. The van der Waals surface area contributed by atoms with E-state index in [1.54, 1.807) is 0 Å². The Bertz CT molecular complexity index is 322. The molecule has 5 heteroatoms. The van der Waals surface area contributed by atoms with Gasteiger partial charge in [-0.2, -0.15) is 0 Å². The van der Waals surface area contributed by atoms with E-state index in [0.717, 1.165) is 25.7 Å². The topological polar surface area (TPSA) is 64.6 Å². The zero-order valence-corrected chi connectivity index (χ0v) is 12.3. The lowest BCUT2D eigenvalue weighted by Gasteiger charge is -2.36. The van der Waals surface area contributed by atoms with Crippen molar-refractivity contribution in [1.29, 1.82) is 0 Å². The molecule has 110 valence electrons. The molecule has 2 atom stereocenters. The summed E-state index contributed by atoms with van der Waals surface area (Å²) in [7, 11) is 0. The van der Waals surface area contributed by atoms with Gasteiger partial charge in [0.15, 0.2) is 0 Å². The van der Waals surface area contributed by atoms with E-state index in [1.807, 2.05) is 27.7 Å². The first-order chi connectivity index (χ1) is 8.81. The van der Waals surface area contributed by atoms with Crippen LogP contribution in [0.5, 0.6) is 0 Å². The molecule has 0 bridgehead atoms. The van der Waals surface area contributed by atoms with Gasteiger partial charge in [-0.15, -0.1) is 0 Å². The van der Waals surface area contributed by atoms with Crippen LogP contribution in [0.15, 0.2) is 0 Å². The van der Waals surface area contributed by atoms with E-state index in [0.29, 0.717) is 6.42 Å². The van der Waals surface area contributed by atoms with Gasteiger partial charge >= 0.3 is 12.1 Å². The fraction of sp³-hybridized carbons (Fsp3) is 0.857. The molecule has 5 nitrogen and oxygen atoms in total. The van der Waals surface area contributed by atoms with Gasteiger partial charge in [0.25, 0.3) is 0 Å². The van der Waals surface area contributed by atoms with Gasteiger partial charge in [-0.3, -0.25) is 4.79 Å². The van der Waals surface area contributed by atoms with Crippen molar-refractivity contribution in [3.05, 3.63) is 0 Å². The van der Waals surface area contributed by atoms with Gasteiger partial charge in [0.2, 0.25) is 0 Å². The van der Waals surface area contributed by atoms with Crippen molar-refractivity contribution in [3.63, 3.8) is 0 Å². The van der Waals surface area contributed by atoms with Crippen molar-refractivity contribution in [3.8, 4) is 0 Å². The van der Waals surface area contributed by atoms with Crippen LogP contribution < -0.4 is 5.32 Å². The molecule has 19 heavy (non-hydrogen) atoms. The highest BCUT2D eigenvalue weighted by Gasteiger charge is 2.36. The first-order valence-corrected chi connectivity index (χ1v) is 7.01. The smallest absolute Gasteiger partial charge is 0.408 e. The average Bonchev–Trinajstić information content (AvgIpc) is 2.27. The van der Waals surface area contributed by atoms with Gasteiger partial charge < -0.3 is 14.8 Å². The van der Waals surface area contributed by atoms with Crippen LogP contribution in [-0.2, 0) is 14.3 Å². The van der Waals surface area contributed by atoms with E-state index in [9.17, 15) is 9.59 Å². The zero-order chi connectivity index (χ0) is 14.5. The molecule has 2 unspecified atom stereocenters. The maximum Gasteiger partial charge on any atom is 0.408 e. The predicted molar refractivity (Wildman–Crippen MR) is 71.8 cm³/mol. The van der Waals surface area contributed by atoms with Gasteiger partial charge in [-0.05, 0) is 40.0 Å². The highest BCUT2D eigenvalue weighted by Crippen LogP contribution is 2.24. The summed E-state index contributed by atoms with van der Waals surface area (Å²) in [6, 6.07) is -0.111. The fourth-order valence-corrected chi connectivity index (χ4v) is 1.78. The number of hydrogen-bond acceptors (Lipinski definition) is 4. The Morgan fingerprint density at radius 3 is 2.42 bits per heavy atom. The van der Waals surface area contributed by atoms with Gasteiger partial charge in [-0.25, -0.2) is 4.79 Å². The standard InChI is InChI=1S/C14H25NO4/c1-5-6-7-12(16)18-11-9-8-10(11)15-13(17)19-14(2,3)4/h10-11H,5-9H2,1-4H3,(H,15,17). The molecule has 0 aliphatic heterocycles. The third-order valence-corrected chi connectivity index (χ3v) is 2.93. The highest BCUT2D eigenvalue weighted by atomic mass is 16.6. The minimum absolute atomic E-state index is 0.111. The van der Waals surface area contributed by atoms with Crippen LogP contribution >= 0.6 is 0 Å². The van der Waals surface area contributed by atoms with Crippen molar-refractivity contribution >= 4 is 12.1 Å². The molecule has 0 aromatic heterocycles. The largest absolute Gasteiger partial charge is 0.460 e. The number of rotatable bonds is 5. The fourth-order valence-electron chi connectivity index (χ4n) is 1.78. The molecule has 0 aromatic carbocycles. The molecule has 1 fully saturated rings.